The number of hydrogen-bond donors (Lipinski definition) is 2. The molecular formula is C6H8F2N4. The largest absolute Gasteiger partial charge is 0.368 e. The first-order valence-electron chi connectivity index (χ1n) is 3.29. The number of nitrogen functional groups attached to an aromatic ring is 1. The van der Waals surface area contributed by atoms with Crippen LogP contribution in [0.1, 0.15) is 0 Å². The summed E-state index contributed by atoms with van der Waals surface area (Å²) < 4.78 is 23.4. The molecule has 0 radical (unpaired) electrons. The molecule has 4 nitrogen and oxygen atoms in total. The summed E-state index contributed by atoms with van der Waals surface area (Å²) in [4.78, 5) is 7.27. The quantitative estimate of drug-likeness (QED) is 0.709. The average molecular weight is 174 g/mol. The number of nitrogens with one attached hydrogen (secondary N) is 1. The van der Waals surface area contributed by atoms with E-state index in [9.17, 15) is 8.78 Å². The first-order valence-corrected chi connectivity index (χ1v) is 3.29. The van der Waals surface area contributed by atoms with E-state index in [0.29, 0.717) is 5.82 Å². The fourth-order valence-electron chi connectivity index (χ4n) is 0.654. The topological polar surface area (TPSA) is 63.8 Å². The van der Waals surface area contributed by atoms with Crippen molar-refractivity contribution in [3.63, 3.8) is 0 Å². The van der Waals surface area contributed by atoms with E-state index in [4.69, 9.17) is 5.73 Å². The van der Waals surface area contributed by atoms with Crippen molar-refractivity contribution in [3.8, 4) is 0 Å². The molecule has 1 rings (SSSR count). The number of hydrogen-bond acceptors (Lipinski definition) is 4. The summed E-state index contributed by atoms with van der Waals surface area (Å²) in [6.45, 7) is -0.434. The van der Waals surface area contributed by atoms with Crippen LogP contribution in [0.15, 0.2) is 12.3 Å². The summed E-state index contributed by atoms with van der Waals surface area (Å²) in [5.41, 5.74) is 5.22. The second-order valence-electron chi connectivity index (χ2n) is 2.07. The highest BCUT2D eigenvalue weighted by molar-refractivity contribution is 5.37. The first kappa shape index (κ1) is 8.63. The Labute approximate surface area is 67.8 Å². The average Bonchev–Trinajstić information content (AvgIpc) is 2.01. The Kier molecular flexibility index (Phi) is 2.73. The summed E-state index contributed by atoms with van der Waals surface area (Å²) >= 11 is 0. The second kappa shape index (κ2) is 3.80. The zero-order valence-electron chi connectivity index (χ0n) is 6.17. The molecule has 0 bridgehead atoms. The molecule has 1 heterocycles. The summed E-state index contributed by atoms with van der Waals surface area (Å²) in [7, 11) is 0. The Morgan fingerprint density at radius 2 is 2.33 bits per heavy atom. The molecular weight excluding hydrogens is 166 g/mol. The van der Waals surface area contributed by atoms with Crippen LogP contribution in [0.25, 0.3) is 0 Å². The standard InChI is InChI=1S/C6H8F2N4/c7-4(8)3-11-5-1-2-10-6(9)12-5/h1-2,4H,3H2,(H3,9,10,11,12). The Hall–Kier alpha value is -1.46. The van der Waals surface area contributed by atoms with Crippen LogP contribution in [0, 0.1) is 0 Å². The third-order valence-corrected chi connectivity index (χ3v) is 1.11. The Morgan fingerprint density at radius 1 is 1.58 bits per heavy atom. The van der Waals surface area contributed by atoms with E-state index < -0.39 is 13.0 Å². The number of rotatable bonds is 3. The third kappa shape index (κ3) is 2.65. The SMILES string of the molecule is Nc1nccc(NCC(F)F)n1. The van der Waals surface area contributed by atoms with Crippen molar-refractivity contribution in [1.82, 2.24) is 9.97 Å². The van der Waals surface area contributed by atoms with E-state index in [1.807, 2.05) is 0 Å². The minimum absolute atomic E-state index is 0.0641. The highest BCUT2D eigenvalue weighted by atomic mass is 19.3. The van der Waals surface area contributed by atoms with Crippen LogP contribution in [0.4, 0.5) is 20.5 Å². The van der Waals surface area contributed by atoms with E-state index in [1.165, 1.54) is 12.3 Å². The van der Waals surface area contributed by atoms with E-state index in [1.54, 1.807) is 0 Å². The number of aromatic nitrogens is 2. The maximum Gasteiger partial charge on any atom is 0.255 e. The van der Waals surface area contributed by atoms with Gasteiger partial charge in [0.05, 0.1) is 6.54 Å². The molecule has 1 aromatic rings. The van der Waals surface area contributed by atoms with Crippen molar-refractivity contribution in [2.75, 3.05) is 17.6 Å². The predicted molar refractivity (Wildman–Crippen MR) is 40.9 cm³/mol. The summed E-state index contributed by atoms with van der Waals surface area (Å²) in [6, 6.07) is 1.47. The van der Waals surface area contributed by atoms with E-state index in [0.717, 1.165) is 0 Å². The molecule has 0 saturated carbocycles. The number of anilines is 2. The maximum absolute atomic E-state index is 11.7. The molecule has 0 fully saturated rings. The summed E-state index contributed by atoms with van der Waals surface area (Å²) in [6.07, 6.45) is -1.00. The van der Waals surface area contributed by atoms with Crippen molar-refractivity contribution in [3.05, 3.63) is 12.3 Å². The van der Waals surface area contributed by atoms with Gasteiger partial charge >= 0.3 is 0 Å². The van der Waals surface area contributed by atoms with Crippen molar-refractivity contribution in [2.24, 2.45) is 0 Å². The number of nitrogens with two attached hydrogens (primary N) is 1. The van der Waals surface area contributed by atoms with Gasteiger partial charge < -0.3 is 11.1 Å². The fourth-order valence-corrected chi connectivity index (χ4v) is 0.654. The van der Waals surface area contributed by atoms with E-state index in [-0.39, 0.29) is 5.95 Å². The fraction of sp³-hybridized carbons (Fsp3) is 0.333. The lowest BCUT2D eigenvalue weighted by Gasteiger charge is -2.03. The lowest BCUT2D eigenvalue weighted by molar-refractivity contribution is 0.163. The van der Waals surface area contributed by atoms with Crippen LogP contribution in [0.5, 0.6) is 0 Å². The Morgan fingerprint density at radius 3 is 2.92 bits per heavy atom. The van der Waals surface area contributed by atoms with E-state index in [2.05, 4.69) is 15.3 Å². The minimum Gasteiger partial charge on any atom is -0.368 e. The van der Waals surface area contributed by atoms with E-state index >= 15 is 0 Å². The zero-order valence-corrected chi connectivity index (χ0v) is 6.17. The summed E-state index contributed by atoms with van der Waals surface area (Å²) in [5, 5.41) is 2.40. The van der Waals surface area contributed by atoms with Crippen molar-refractivity contribution >= 4 is 11.8 Å². The molecule has 0 unspecified atom stereocenters. The van der Waals surface area contributed by atoms with Crippen LogP contribution in [0.2, 0.25) is 0 Å². The summed E-state index contributed by atoms with van der Waals surface area (Å²) in [5.74, 6) is 0.372. The van der Waals surface area contributed by atoms with Gasteiger partial charge in [0, 0.05) is 6.20 Å². The van der Waals surface area contributed by atoms with Crippen LogP contribution < -0.4 is 11.1 Å². The molecule has 0 aliphatic carbocycles. The minimum atomic E-state index is -2.40. The van der Waals surface area contributed by atoms with Crippen molar-refractivity contribution in [2.45, 2.75) is 6.43 Å². The van der Waals surface area contributed by atoms with Crippen molar-refractivity contribution < 1.29 is 8.78 Å². The first-order chi connectivity index (χ1) is 5.68. The third-order valence-electron chi connectivity index (χ3n) is 1.11. The van der Waals surface area contributed by atoms with Gasteiger partial charge in [-0.3, -0.25) is 0 Å². The normalized spacial score (nSPS) is 10.2. The highest BCUT2D eigenvalue weighted by Gasteiger charge is 2.01. The van der Waals surface area contributed by atoms with Gasteiger partial charge in [0.2, 0.25) is 5.95 Å². The van der Waals surface area contributed by atoms with Gasteiger partial charge in [0.1, 0.15) is 5.82 Å². The molecule has 0 aliphatic rings. The predicted octanol–water partition coefficient (Wildman–Crippen LogP) is 0.736. The molecule has 0 atom stereocenters. The smallest absolute Gasteiger partial charge is 0.255 e. The van der Waals surface area contributed by atoms with Crippen LogP contribution in [-0.2, 0) is 0 Å². The monoisotopic (exact) mass is 174 g/mol. The Balaban J connectivity index is 2.52. The van der Waals surface area contributed by atoms with Crippen LogP contribution in [0.3, 0.4) is 0 Å². The molecule has 0 aliphatic heterocycles. The van der Waals surface area contributed by atoms with Gasteiger partial charge in [-0.15, -0.1) is 0 Å². The molecule has 0 aromatic carbocycles. The van der Waals surface area contributed by atoms with Gasteiger partial charge in [0.15, 0.2) is 0 Å². The van der Waals surface area contributed by atoms with Gasteiger partial charge in [-0.2, -0.15) is 4.98 Å². The second-order valence-corrected chi connectivity index (χ2v) is 2.07. The molecule has 0 saturated heterocycles. The van der Waals surface area contributed by atoms with Crippen LogP contribution >= 0.6 is 0 Å². The molecule has 3 N–H and O–H groups in total. The molecule has 66 valence electrons. The Bertz CT molecular complexity index is 253. The highest BCUT2D eigenvalue weighted by Crippen LogP contribution is 2.03. The lowest BCUT2D eigenvalue weighted by atomic mass is 10.5. The zero-order chi connectivity index (χ0) is 8.97. The maximum atomic E-state index is 11.7. The molecule has 6 heteroatoms. The van der Waals surface area contributed by atoms with Crippen LogP contribution in [-0.4, -0.2) is 22.9 Å². The lowest BCUT2D eigenvalue weighted by Crippen LogP contribution is -2.11. The van der Waals surface area contributed by atoms with Gasteiger partial charge in [-0.25, -0.2) is 13.8 Å². The van der Waals surface area contributed by atoms with Crippen molar-refractivity contribution in [1.29, 1.82) is 0 Å². The van der Waals surface area contributed by atoms with Gasteiger partial charge in [-0.05, 0) is 6.07 Å². The molecule has 1 aromatic heterocycles. The van der Waals surface area contributed by atoms with Gasteiger partial charge in [0.25, 0.3) is 6.43 Å². The number of halogens is 2. The molecule has 12 heavy (non-hydrogen) atoms. The van der Waals surface area contributed by atoms with Gasteiger partial charge in [-0.1, -0.05) is 0 Å². The molecule has 0 spiro atoms. The number of alkyl halides is 2. The molecule has 0 amide bonds. The number of nitrogens with zero attached hydrogens (tertiary/aromatic N) is 2.